The highest BCUT2D eigenvalue weighted by atomic mass is 16.1. The van der Waals surface area contributed by atoms with Gasteiger partial charge in [-0.05, 0) is 25.3 Å². The lowest BCUT2D eigenvalue weighted by Crippen LogP contribution is -1.93. The van der Waals surface area contributed by atoms with E-state index >= 15 is 0 Å². The molecule has 0 saturated carbocycles. The van der Waals surface area contributed by atoms with E-state index in [0.29, 0.717) is 11.7 Å². The fraction of sp³-hybridized carbons (Fsp3) is 0.700. The molecule has 0 aliphatic heterocycles. The first-order valence-electron chi connectivity index (χ1n) is 4.33. The van der Waals surface area contributed by atoms with Gasteiger partial charge in [0.25, 0.3) is 0 Å². The van der Waals surface area contributed by atoms with Crippen molar-refractivity contribution in [1.82, 2.24) is 0 Å². The van der Waals surface area contributed by atoms with Crippen LogP contribution in [0.1, 0.15) is 41.0 Å². The van der Waals surface area contributed by atoms with E-state index in [1.54, 1.807) is 0 Å². The summed E-state index contributed by atoms with van der Waals surface area (Å²) in [4.78, 5) is 10.9. The van der Waals surface area contributed by atoms with Gasteiger partial charge in [0.2, 0.25) is 0 Å². The monoisotopic (exact) mass is 154 g/mol. The highest BCUT2D eigenvalue weighted by Crippen LogP contribution is 2.27. The Morgan fingerprint density at radius 2 is 1.73 bits per heavy atom. The number of ketones is 1. The standard InChI is InChI=1S/C8H12O.C2H6/c1-5-4-8(9)7(3)6(5)2;1-2/h5H,4H2,1-3H3;1-2H3. The predicted molar refractivity (Wildman–Crippen MR) is 48.5 cm³/mol. The van der Waals surface area contributed by atoms with Gasteiger partial charge in [-0.2, -0.15) is 0 Å². The number of Topliss-reactive ketones (excluding diaryl/α,β-unsaturated/α-hetero) is 1. The molecule has 0 aromatic heterocycles. The zero-order chi connectivity index (χ0) is 9.02. The lowest BCUT2D eigenvalue weighted by Gasteiger charge is -1.98. The molecule has 11 heavy (non-hydrogen) atoms. The van der Waals surface area contributed by atoms with Crippen LogP contribution in [-0.2, 0) is 4.79 Å². The molecule has 0 radical (unpaired) electrons. The van der Waals surface area contributed by atoms with Crippen molar-refractivity contribution in [1.29, 1.82) is 0 Å². The van der Waals surface area contributed by atoms with E-state index in [4.69, 9.17) is 0 Å². The largest absolute Gasteiger partial charge is 0.295 e. The molecule has 1 rings (SSSR count). The van der Waals surface area contributed by atoms with Crippen LogP contribution in [0.3, 0.4) is 0 Å². The zero-order valence-electron chi connectivity index (χ0n) is 8.19. The fourth-order valence-electron chi connectivity index (χ4n) is 1.17. The summed E-state index contributed by atoms with van der Waals surface area (Å²) in [6, 6.07) is 0. The van der Waals surface area contributed by atoms with Gasteiger partial charge >= 0.3 is 0 Å². The van der Waals surface area contributed by atoms with Gasteiger partial charge in [-0.15, -0.1) is 0 Å². The summed E-state index contributed by atoms with van der Waals surface area (Å²) in [5, 5.41) is 0. The molecule has 1 aliphatic carbocycles. The second-order valence-corrected chi connectivity index (χ2v) is 2.84. The summed E-state index contributed by atoms with van der Waals surface area (Å²) in [5.41, 5.74) is 2.27. The molecule has 1 nitrogen and oxygen atoms in total. The molecule has 0 aromatic rings. The Kier molecular flexibility index (Phi) is 4.09. The molecule has 0 aromatic carbocycles. The summed E-state index contributed by atoms with van der Waals surface area (Å²) in [7, 11) is 0. The van der Waals surface area contributed by atoms with Crippen molar-refractivity contribution in [2.24, 2.45) is 5.92 Å². The average Bonchev–Trinajstić information content (AvgIpc) is 2.22. The highest BCUT2D eigenvalue weighted by Gasteiger charge is 2.22. The third kappa shape index (κ3) is 2.18. The molecule has 0 N–H and O–H groups in total. The van der Waals surface area contributed by atoms with Crippen LogP contribution in [0.25, 0.3) is 0 Å². The van der Waals surface area contributed by atoms with Gasteiger partial charge in [-0.1, -0.05) is 26.3 Å². The summed E-state index contributed by atoms with van der Waals surface area (Å²) >= 11 is 0. The first kappa shape index (κ1) is 10.4. The normalized spacial score (nSPS) is 23.4. The van der Waals surface area contributed by atoms with Crippen LogP contribution in [0.4, 0.5) is 0 Å². The van der Waals surface area contributed by atoms with Crippen molar-refractivity contribution in [2.75, 3.05) is 0 Å². The number of carbonyl (C=O) groups is 1. The van der Waals surface area contributed by atoms with E-state index in [2.05, 4.69) is 6.92 Å². The van der Waals surface area contributed by atoms with Crippen molar-refractivity contribution in [3.8, 4) is 0 Å². The smallest absolute Gasteiger partial charge is 0.159 e. The fourth-order valence-corrected chi connectivity index (χ4v) is 1.17. The molecular weight excluding hydrogens is 136 g/mol. The minimum Gasteiger partial charge on any atom is -0.295 e. The molecule has 1 atom stereocenters. The molecule has 0 heterocycles. The predicted octanol–water partition coefficient (Wildman–Crippen LogP) is 2.96. The van der Waals surface area contributed by atoms with Crippen molar-refractivity contribution < 1.29 is 4.79 Å². The Morgan fingerprint density at radius 1 is 1.27 bits per heavy atom. The molecular formula is C10H18O. The second kappa shape index (κ2) is 4.32. The van der Waals surface area contributed by atoms with Gasteiger partial charge < -0.3 is 0 Å². The van der Waals surface area contributed by atoms with Gasteiger partial charge in [0.1, 0.15) is 0 Å². The summed E-state index contributed by atoms with van der Waals surface area (Å²) < 4.78 is 0. The van der Waals surface area contributed by atoms with Crippen molar-refractivity contribution in [3.05, 3.63) is 11.1 Å². The topological polar surface area (TPSA) is 17.1 Å². The van der Waals surface area contributed by atoms with E-state index in [0.717, 1.165) is 12.0 Å². The molecule has 0 amide bonds. The molecule has 0 fully saturated rings. The number of rotatable bonds is 0. The first-order valence-corrected chi connectivity index (χ1v) is 4.33. The number of allylic oxidation sites excluding steroid dienone is 2. The Bertz CT molecular complexity index is 177. The Hall–Kier alpha value is -0.590. The van der Waals surface area contributed by atoms with E-state index in [1.807, 2.05) is 27.7 Å². The van der Waals surface area contributed by atoms with Gasteiger partial charge in [0.05, 0.1) is 0 Å². The van der Waals surface area contributed by atoms with Crippen LogP contribution in [-0.4, -0.2) is 5.78 Å². The average molecular weight is 154 g/mol. The number of hydrogen-bond donors (Lipinski definition) is 0. The Balaban J connectivity index is 0.000000461. The van der Waals surface area contributed by atoms with E-state index in [9.17, 15) is 4.79 Å². The Labute approximate surface area is 69.5 Å². The van der Waals surface area contributed by atoms with Crippen LogP contribution in [0.2, 0.25) is 0 Å². The van der Waals surface area contributed by atoms with Gasteiger partial charge in [0.15, 0.2) is 5.78 Å². The summed E-state index contributed by atoms with van der Waals surface area (Å²) in [5.74, 6) is 0.831. The van der Waals surface area contributed by atoms with Gasteiger partial charge in [0, 0.05) is 6.42 Å². The van der Waals surface area contributed by atoms with Crippen LogP contribution in [0.5, 0.6) is 0 Å². The van der Waals surface area contributed by atoms with Gasteiger partial charge in [-0.3, -0.25) is 4.79 Å². The molecule has 1 heteroatoms. The number of carbonyl (C=O) groups excluding carboxylic acids is 1. The van der Waals surface area contributed by atoms with E-state index < -0.39 is 0 Å². The highest BCUT2D eigenvalue weighted by molar-refractivity contribution is 5.98. The van der Waals surface area contributed by atoms with Crippen molar-refractivity contribution in [2.45, 2.75) is 41.0 Å². The van der Waals surface area contributed by atoms with Crippen LogP contribution in [0.15, 0.2) is 11.1 Å². The maximum Gasteiger partial charge on any atom is 0.159 e. The van der Waals surface area contributed by atoms with Crippen LogP contribution in [0, 0.1) is 5.92 Å². The molecule has 0 spiro atoms. The van der Waals surface area contributed by atoms with Crippen LogP contribution < -0.4 is 0 Å². The maximum absolute atomic E-state index is 10.9. The molecule has 1 unspecified atom stereocenters. The Morgan fingerprint density at radius 3 is 1.82 bits per heavy atom. The SMILES string of the molecule is CC.CC1=C(C)C(C)CC1=O. The van der Waals surface area contributed by atoms with E-state index in [1.165, 1.54) is 5.57 Å². The molecule has 0 saturated heterocycles. The first-order chi connectivity index (χ1) is 5.13. The second-order valence-electron chi connectivity index (χ2n) is 2.84. The molecule has 64 valence electrons. The minimum atomic E-state index is 0.333. The van der Waals surface area contributed by atoms with Gasteiger partial charge in [-0.25, -0.2) is 0 Å². The van der Waals surface area contributed by atoms with E-state index in [-0.39, 0.29) is 0 Å². The number of hydrogen-bond acceptors (Lipinski definition) is 1. The zero-order valence-corrected chi connectivity index (χ0v) is 8.19. The third-order valence-electron chi connectivity index (χ3n) is 2.24. The lowest BCUT2D eigenvalue weighted by atomic mass is 10.1. The minimum absolute atomic E-state index is 0.333. The van der Waals surface area contributed by atoms with Crippen molar-refractivity contribution >= 4 is 5.78 Å². The lowest BCUT2D eigenvalue weighted by molar-refractivity contribution is -0.115. The summed E-state index contributed by atoms with van der Waals surface area (Å²) in [6.45, 7) is 10.1. The quantitative estimate of drug-likeness (QED) is 0.524. The third-order valence-corrected chi connectivity index (χ3v) is 2.24. The van der Waals surface area contributed by atoms with Crippen LogP contribution >= 0.6 is 0 Å². The summed E-state index contributed by atoms with van der Waals surface area (Å²) in [6.07, 6.45) is 0.734. The molecule has 1 aliphatic rings. The van der Waals surface area contributed by atoms with Crippen molar-refractivity contribution in [3.63, 3.8) is 0 Å². The molecule has 0 bridgehead atoms. The maximum atomic E-state index is 10.9.